The van der Waals surface area contributed by atoms with Crippen LogP contribution in [0.25, 0.3) is 0 Å². The van der Waals surface area contributed by atoms with E-state index in [-0.39, 0.29) is 5.91 Å². The first kappa shape index (κ1) is 18.5. The molecule has 0 aliphatic carbocycles. The fourth-order valence-electron chi connectivity index (χ4n) is 3.09. The van der Waals surface area contributed by atoms with Gasteiger partial charge in [0.1, 0.15) is 6.54 Å². The van der Waals surface area contributed by atoms with Gasteiger partial charge < -0.3 is 19.1 Å². The second-order valence-corrected chi connectivity index (χ2v) is 6.32. The second-order valence-electron chi connectivity index (χ2n) is 6.32. The Labute approximate surface area is 153 Å². The average Bonchev–Trinajstić information content (AvgIpc) is 2.67. The van der Waals surface area contributed by atoms with Crippen LogP contribution in [0.2, 0.25) is 0 Å². The lowest BCUT2D eigenvalue weighted by molar-refractivity contribution is -0.132. The fraction of sp³-hybridized carbons (Fsp3) is 0.556. The summed E-state index contributed by atoms with van der Waals surface area (Å²) >= 11 is 0. The quantitative estimate of drug-likeness (QED) is 0.733. The predicted octanol–water partition coefficient (Wildman–Crippen LogP) is 0.472. The van der Waals surface area contributed by atoms with Crippen LogP contribution in [0.15, 0.2) is 23.3 Å². The number of amidine groups is 1. The molecule has 2 aliphatic rings. The van der Waals surface area contributed by atoms with Crippen molar-refractivity contribution in [2.45, 2.75) is 0 Å². The molecule has 0 radical (unpaired) electrons. The number of hydrogen-bond acceptors (Lipinski definition) is 7. The zero-order chi connectivity index (χ0) is 18.5. The van der Waals surface area contributed by atoms with E-state index in [0.29, 0.717) is 24.6 Å². The molecule has 1 amide bonds. The van der Waals surface area contributed by atoms with Gasteiger partial charge in [0, 0.05) is 32.2 Å². The summed E-state index contributed by atoms with van der Waals surface area (Å²) in [6.07, 6.45) is 0. The summed E-state index contributed by atoms with van der Waals surface area (Å²) in [5, 5.41) is 6.17. The summed E-state index contributed by atoms with van der Waals surface area (Å²) in [7, 11) is 5.08. The smallest absolute Gasteiger partial charge is 0.262 e. The number of likely N-dealkylation sites (N-methyl/N-ethyl adjacent to an activating group) is 1. The molecule has 0 N–H and O–H groups in total. The normalized spacial score (nSPS) is 18.7. The van der Waals surface area contributed by atoms with Crippen molar-refractivity contribution < 1.29 is 19.0 Å². The van der Waals surface area contributed by atoms with Crippen molar-refractivity contribution in [2.75, 3.05) is 67.2 Å². The summed E-state index contributed by atoms with van der Waals surface area (Å²) in [6.45, 7) is 4.96. The Hall–Kier alpha value is -2.32. The zero-order valence-corrected chi connectivity index (χ0v) is 15.6. The van der Waals surface area contributed by atoms with Crippen molar-refractivity contribution in [3.05, 3.63) is 23.8 Å². The lowest BCUT2D eigenvalue weighted by Crippen LogP contribution is -2.48. The zero-order valence-electron chi connectivity index (χ0n) is 15.6. The molecule has 0 saturated carbocycles. The molecular weight excluding hydrogens is 336 g/mol. The van der Waals surface area contributed by atoms with E-state index in [1.165, 1.54) is 0 Å². The van der Waals surface area contributed by atoms with Crippen LogP contribution in [-0.2, 0) is 9.53 Å². The lowest BCUT2D eigenvalue weighted by Gasteiger charge is -2.33. The molecule has 0 aromatic heterocycles. The summed E-state index contributed by atoms with van der Waals surface area (Å²) < 4.78 is 16.0. The topological polar surface area (TPSA) is 66.8 Å². The Bertz CT molecular complexity index is 673. The van der Waals surface area contributed by atoms with Gasteiger partial charge in [0.25, 0.3) is 5.91 Å². The van der Waals surface area contributed by atoms with Crippen molar-refractivity contribution >= 4 is 11.7 Å². The van der Waals surface area contributed by atoms with Gasteiger partial charge in [0.2, 0.25) is 0 Å². The number of rotatable bonds is 6. The van der Waals surface area contributed by atoms with E-state index in [0.717, 1.165) is 44.2 Å². The minimum atomic E-state index is 0.00462. The Morgan fingerprint density at radius 1 is 1.12 bits per heavy atom. The minimum Gasteiger partial charge on any atom is -0.493 e. The summed E-state index contributed by atoms with van der Waals surface area (Å²) in [5.74, 6) is 2.05. The number of carbonyl (C=O) groups is 1. The Balaban J connectivity index is 1.77. The second kappa shape index (κ2) is 8.37. The third-order valence-corrected chi connectivity index (χ3v) is 4.61. The van der Waals surface area contributed by atoms with Crippen molar-refractivity contribution in [2.24, 2.45) is 5.10 Å². The van der Waals surface area contributed by atoms with E-state index in [1.54, 1.807) is 19.2 Å². The first-order chi connectivity index (χ1) is 12.6. The molecule has 2 heterocycles. The molecule has 0 spiro atoms. The fourth-order valence-corrected chi connectivity index (χ4v) is 3.09. The Kier molecular flexibility index (Phi) is 5.95. The molecule has 0 bridgehead atoms. The molecule has 1 aromatic carbocycles. The van der Waals surface area contributed by atoms with Gasteiger partial charge in [-0.3, -0.25) is 9.69 Å². The molecule has 1 saturated heterocycles. The number of nitrogens with zero attached hydrogens (tertiary/aromatic N) is 4. The van der Waals surface area contributed by atoms with Crippen LogP contribution in [0.4, 0.5) is 0 Å². The van der Waals surface area contributed by atoms with Crippen molar-refractivity contribution in [3.8, 4) is 11.5 Å². The molecule has 142 valence electrons. The lowest BCUT2D eigenvalue weighted by atomic mass is 10.1. The average molecular weight is 362 g/mol. The molecular formula is C18H26N4O4. The van der Waals surface area contributed by atoms with Crippen LogP contribution in [0.5, 0.6) is 11.5 Å². The highest BCUT2D eigenvalue weighted by atomic mass is 16.5. The number of benzene rings is 1. The maximum Gasteiger partial charge on any atom is 0.262 e. The van der Waals surface area contributed by atoms with Crippen LogP contribution in [0, 0.1) is 0 Å². The summed E-state index contributed by atoms with van der Waals surface area (Å²) in [6, 6.07) is 5.65. The minimum absolute atomic E-state index is 0.00462. The molecule has 8 heteroatoms. The van der Waals surface area contributed by atoms with Gasteiger partial charge in [-0.2, -0.15) is 5.10 Å². The van der Waals surface area contributed by atoms with E-state index in [1.807, 2.05) is 30.1 Å². The molecule has 1 fully saturated rings. The monoisotopic (exact) mass is 362 g/mol. The maximum atomic E-state index is 12.4. The van der Waals surface area contributed by atoms with Crippen LogP contribution in [-0.4, -0.2) is 93.8 Å². The van der Waals surface area contributed by atoms with Crippen LogP contribution < -0.4 is 9.47 Å². The van der Waals surface area contributed by atoms with Crippen molar-refractivity contribution in [1.29, 1.82) is 0 Å². The highest BCUT2D eigenvalue weighted by molar-refractivity contribution is 6.03. The Morgan fingerprint density at radius 3 is 2.54 bits per heavy atom. The van der Waals surface area contributed by atoms with Crippen LogP contribution in [0.1, 0.15) is 5.56 Å². The van der Waals surface area contributed by atoms with E-state index in [9.17, 15) is 4.79 Å². The van der Waals surface area contributed by atoms with Gasteiger partial charge in [-0.1, -0.05) is 0 Å². The number of ether oxygens (including phenoxy) is 3. The number of carbonyl (C=O) groups excluding carboxylic acids is 1. The third-order valence-electron chi connectivity index (χ3n) is 4.61. The first-order valence-electron chi connectivity index (χ1n) is 8.75. The largest absolute Gasteiger partial charge is 0.493 e. The molecule has 2 aliphatic heterocycles. The van der Waals surface area contributed by atoms with Gasteiger partial charge in [-0.25, -0.2) is 5.01 Å². The van der Waals surface area contributed by atoms with Gasteiger partial charge in [-0.15, -0.1) is 0 Å². The van der Waals surface area contributed by atoms with Gasteiger partial charge in [0.05, 0.1) is 34.0 Å². The highest BCUT2D eigenvalue weighted by Gasteiger charge is 2.26. The van der Waals surface area contributed by atoms with Crippen molar-refractivity contribution in [1.82, 2.24) is 14.8 Å². The number of methoxy groups -OCH3 is 2. The van der Waals surface area contributed by atoms with E-state index in [4.69, 9.17) is 14.2 Å². The number of hydrogen-bond donors (Lipinski definition) is 0. The number of hydrazone groups is 1. The van der Waals surface area contributed by atoms with Crippen LogP contribution >= 0.6 is 0 Å². The first-order valence-corrected chi connectivity index (χ1v) is 8.75. The molecule has 0 atom stereocenters. The van der Waals surface area contributed by atoms with E-state index in [2.05, 4.69) is 10.0 Å². The number of amides is 1. The van der Waals surface area contributed by atoms with Gasteiger partial charge in [0.15, 0.2) is 17.3 Å². The molecule has 0 unspecified atom stereocenters. The molecule has 1 aromatic rings. The molecule has 3 rings (SSSR count). The molecule has 26 heavy (non-hydrogen) atoms. The van der Waals surface area contributed by atoms with Crippen LogP contribution in [0.3, 0.4) is 0 Å². The summed E-state index contributed by atoms with van der Waals surface area (Å²) in [5.41, 5.74) is 0.883. The van der Waals surface area contributed by atoms with E-state index < -0.39 is 0 Å². The van der Waals surface area contributed by atoms with Crippen molar-refractivity contribution in [3.63, 3.8) is 0 Å². The van der Waals surface area contributed by atoms with E-state index >= 15 is 0 Å². The van der Waals surface area contributed by atoms with Gasteiger partial charge >= 0.3 is 0 Å². The third kappa shape index (κ3) is 4.08. The SMILES string of the molecule is COc1ccc(C2=NN(CCN3CCOCC3)C(=O)CN2C)cc1OC. The van der Waals surface area contributed by atoms with Gasteiger partial charge in [-0.05, 0) is 18.2 Å². The summed E-state index contributed by atoms with van der Waals surface area (Å²) in [4.78, 5) is 16.5. The number of morpholine rings is 1. The predicted molar refractivity (Wildman–Crippen MR) is 97.7 cm³/mol. The molecule has 8 nitrogen and oxygen atoms in total. The Morgan fingerprint density at radius 2 is 1.85 bits per heavy atom. The highest BCUT2D eigenvalue weighted by Crippen LogP contribution is 2.28. The maximum absolute atomic E-state index is 12.4. The standard InChI is InChI=1S/C18H26N4O4/c1-20-13-17(23)22(7-6-21-8-10-26-11-9-21)19-18(20)14-4-5-15(24-2)16(12-14)25-3/h4-5,12H,6-11,13H2,1-3H3.